The van der Waals surface area contributed by atoms with Gasteiger partial charge in [0.25, 0.3) is 16.8 Å². The van der Waals surface area contributed by atoms with Crippen molar-refractivity contribution in [1.29, 1.82) is 0 Å². The van der Waals surface area contributed by atoms with Crippen LogP contribution in [-0.2, 0) is 4.79 Å². The van der Waals surface area contributed by atoms with E-state index in [-0.39, 0.29) is 28.5 Å². The summed E-state index contributed by atoms with van der Waals surface area (Å²) >= 11 is 1.04. The summed E-state index contributed by atoms with van der Waals surface area (Å²) in [6.45, 7) is 3.49. The predicted octanol–water partition coefficient (Wildman–Crippen LogP) is 2.98. The Morgan fingerprint density at radius 1 is 1.31 bits per heavy atom. The fourth-order valence-corrected chi connectivity index (χ4v) is 2.57. The Labute approximate surface area is 151 Å². The van der Waals surface area contributed by atoms with Crippen molar-refractivity contribution in [3.05, 3.63) is 45.7 Å². The Morgan fingerprint density at radius 3 is 2.81 bits per heavy atom. The Balaban J connectivity index is 1.60. The van der Waals surface area contributed by atoms with Gasteiger partial charge in [-0.3, -0.25) is 14.9 Å². The molecule has 0 unspecified atom stereocenters. The number of nitro groups is 1. The summed E-state index contributed by atoms with van der Waals surface area (Å²) < 4.78 is 10.3. The molecule has 3 aromatic rings. The summed E-state index contributed by atoms with van der Waals surface area (Å²) in [7, 11) is 0. The lowest BCUT2D eigenvalue weighted by Crippen LogP contribution is -2.15. The van der Waals surface area contributed by atoms with Crippen molar-refractivity contribution in [2.75, 3.05) is 11.1 Å². The van der Waals surface area contributed by atoms with Gasteiger partial charge >= 0.3 is 0 Å². The quantitative estimate of drug-likeness (QED) is 0.391. The second-order valence-corrected chi connectivity index (χ2v) is 6.22. The van der Waals surface area contributed by atoms with E-state index in [4.69, 9.17) is 8.94 Å². The number of benzene rings is 1. The van der Waals surface area contributed by atoms with Gasteiger partial charge in [0.2, 0.25) is 5.91 Å². The minimum absolute atomic E-state index is 0.00160. The van der Waals surface area contributed by atoms with E-state index in [1.165, 1.54) is 12.1 Å². The zero-order valence-electron chi connectivity index (χ0n) is 13.8. The number of nitrogens with zero attached hydrogens (tertiary/aromatic N) is 4. The van der Waals surface area contributed by atoms with E-state index in [0.29, 0.717) is 17.1 Å². The highest BCUT2D eigenvalue weighted by Gasteiger charge is 2.15. The van der Waals surface area contributed by atoms with Crippen molar-refractivity contribution in [1.82, 2.24) is 15.4 Å². The van der Waals surface area contributed by atoms with Crippen molar-refractivity contribution in [3.8, 4) is 11.6 Å². The molecule has 0 atom stereocenters. The zero-order chi connectivity index (χ0) is 18.7. The molecular weight excluding hydrogens is 362 g/mol. The monoisotopic (exact) mass is 375 g/mol. The summed E-state index contributed by atoms with van der Waals surface area (Å²) in [6.07, 6.45) is 0. The van der Waals surface area contributed by atoms with E-state index in [0.717, 1.165) is 17.3 Å². The van der Waals surface area contributed by atoms with Crippen LogP contribution in [0, 0.1) is 24.0 Å². The number of non-ortho nitro benzene ring substituents is 1. The Kier molecular flexibility index (Phi) is 4.98. The molecule has 1 amide bonds. The Morgan fingerprint density at radius 2 is 2.12 bits per heavy atom. The standard InChI is InChI=1S/C15H13N5O5S/c1-8-3-4-10(20(22)23)6-11(8)16-13(21)7-26-15-18-17-14(24-15)12-5-9(2)25-19-12/h3-6H,7H2,1-2H3,(H,16,21). The molecule has 11 heteroatoms. The van der Waals surface area contributed by atoms with E-state index in [1.807, 2.05) is 0 Å². The van der Waals surface area contributed by atoms with Crippen LogP contribution in [0.15, 0.2) is 38.4 Å². The number of nitro benzene ring substituents is 1. The van der Waals surface area contributed by atoms with Gasteiger partial charge in [0.15, 0.2) is 5.69 Å². The number of amides is 1. The molecule has 0 radical (unpaired) electrons. The highest BCUT2D eigenvalue weighted by atomic mass is 32.2. The fraction of sp³-hybridized carbons (Fsp3) is 0.200. The van der Waals surface area contributed by atoms with E-state index in [1.54, 1.807) is 26.0 Å². The maximum absolute atomic E-state index is 12.1. The molecule has 0 bridgehead atoms. The highest BCUT2D eigenvalue weighted by molar-refractivity contribution is 7.99. The summed E-state index contributed by atoms with van der Waals surface area (Å²) in [5.41, 5.74) is 1.42. The normalized spacial score (nSPS) is 10.7. The van der Waals surface area contributed by atoms with Gasteiger partial charge in [0.05, 0.1) is 16.4 Å². The first-order valence-electron chi connectivity index (χ1n) is 7.37. The third kappa shape index (κ3) is 4.06. The smallest absolute Gasteiger partial charge is 0.277 e. The molecule has 0 aliphatic carbocycles. The van der Waals surface area contributed by atoms with Crippen molar-refractivity contribution in [3.63, 3.8) is 0 Å². The third-order valence-electron chi connectivity index (χ3n) is 3.29. The van der Waals surface area contributed by atoms with E-state index in [2.05, 4.69) is 20.7 Å². The van der Waals surface area contributed by atoms with E-state index >= 15 is 0 Å². The molecule has 10 nitrogen and oxygen atoms in total. The molecule has 1 N–H and O–H groups in total. The van der Waals surface area contributed by atoms with Crippen LogP contribution in [0.4, 0.5) is 11.4 Å². The first-order valence-corrected chi connectivity index (χ1v) is 8.36. The molecule has 26 heavy (non-hydrogen) atoms. The Hall–Kier alpha value is -3.21. The largest absolute Gasteiger partial charge is 0.409 e. The topological polar surface area (TPSA) is 137 Å². The Bertz CT molecular complexity index is 967. The minimum Gasteiger partial charge on any atom is -0.409 e. The van der Waals surface area contributed by atoms with Gasteiger partial charge in [0.1, 0.15) is 5.76 Å². The number of hydrogen-bond acceptors (Lipinski definition) is 9. The van der Waals surface area contributed by atoms with Crippen LogP contribution in [0.1, 0.15) is 11.3 Å². The number of carbonyl (C=O) groups is 1. The lowest BCUT2D eigenvalue weighted by molar-refractivity contribution is -0.384. The first-order chi connectivity index (χ1) is 12.4. The average Bonchev–Trinajstić information content (AvgIpc) is 3.23. The maximum Gasteiger partial charge on any atom is 0.277 e. The summed E-state index contributed by atoms with van der Waals surface area (Å²) in [5.74, 6) is 0.454. The molecule has 2 heterocycles. The number of aryl methyl sites for hydroxylation is 2. The second kappa shape index (κ2) is 7.35. The number of thioether (sulfide) groups is 1. The van der Waals surface area contributed by atoms with Gasteiger partial charge in [-0.05, 0) is 19.4 Å². The lowest BCUT2D eigenvalue weighted by atomic mass is 10.2. The molecule has 2 aromatic heterocycles. The summed E-state index contributed by atoms with van der Waals surface area (Å²) in [4.78, 5) is 22.4. The maximum atomic E-state index is 12.1. The molecule has 134 valence electrons. The number of carbonyl (C=O) groups excluding carboxylic acids is 1. The molecule has 0 saturated carbocycles. The van der Waals surface area contributed by atoms with Crippen LogP contribution >= 0.6 is 11.8 Å². The van der Waals surface area contributed by atoms with Crippen LogP contribution in [0.2, 0.25) is 0 Å². The van der Waals surface area contributed by atoms with Gasteiger partial charge in [-0.15, -0.1) is 10.2 Å². The molecule has 0 aliphatic rings. The molecule has 0 spiro atoms. The fourth-order valence-electron chi connectivity index (χ4n) is 2.01. The second-order valence-electron chi connectivity index (χ2n) is 5.29. The van der Waals surface area contributed by atoms with Gasteiger partial charge in [-0.1, -0.05) is 23.0 Å². The van der Waals surface area contributed by atoms with Crippen LogP contribution in [0.3, 0.4) is 0 Å². The number of rotatable bonds is 6. The van der Waals surface area contributed by atoms with Crippen molar-refractivity contribution in [2.45, 2.75) is 19.1 Å². The van der Waals surface area contributed by atoms with E-state index in [9.17, 15) is 14.9 Å². The summed E-state index contributed by atoms with van der Waals surface area (Å²) in [5, 5.41) is 25.1. The van der Waals surface area contributed by atoms with Gasteiger partial charge in [0, 0.05) is 18.2 Å². The SMILES string of the molecule is Cc1cc(-c2nnc(SCC(=O)Nc3cc([N+](=O)[O-])ccc3C)o2)no1. The van der Waals surface area contributed by atoms with Crippen LogP contribution < -0.4 is 5.32 Å². The van der Waals surface area contributed by atoms with Gasteiger partial charge < -0.3 is 14.3 Å². The molecule has 3 rings (SSSR count). The number of aromatic nitrogens is 3. The lowest BCUT2D eigenvalue weighted by Gasteiger charge is -2.07. The molecular formula is C15H13N5O5S. The average molecular weight is 375 g/mol. The van der Waals surface area contributed by atoms with Crippen molar-refractivity contribution in [2.24, 2.45) is 0 Å². The van der Waals surface area contributed by atoms with Crippen LogP contribution in [0.25, 0.3) is 11.6 Å². The van der Waals surface area contributed by atoms with Crippen LogP contribution in [0.5, 0.6) is 0 Å². The minimum atomic E-state index is -0.518. The number of anilines is 1. The van der Waals surface area contributed by atoms with Crippen molar-refractivity contribution >= 4 is 29.0 Å². The number of nitrogens with one attached hydrogen (secondary N) is 1. The highest BCUT2D eigenvalue weighted by Crippen LogP contribution is 2.24. The molecule has 0 fully saturated rings. The molecule has 0 saturated heterocycles. The van der Waals surface area contributed by atoms with Gasteiger partial charge in [-0.25, -0.2) is 0 Å². The first kappa shape index (κ1) is 17.6. The molecule has 0 aliphatic heterocycles. The van der Waals surface area contributed by atoms with E-state index < -0.39 is 4.92 Å². The molecule has 1 aromatic carbocycles. The summed E-state index contributed by atoms with van der Waals surface area (Å²) in [6, 6.07) is 5.92. The zero-order valence-corrected chi connectivity index (χ0v) is 14.6. The van der Waals surface area contributed by atoms with Crippen LogP contribution in [-0.4, -0.2) is 31.9 Å². The van der Waals surface area contributed by atoms with Crippen molar-refractivity contribution < 1.29 is 18.7 Å². The third-order valence-corrected chi connectivity index (χ3v) is 4.10. The van der Waals surface area contributed by atoms with Gasteiger partial charge in [-0.2, -0.15) is 0 Å². The predicted molar refractivity (Wildman–Crippen MR) is 91.7 cm³/mol. The number of hydrogen-bond donors (Lipinski definition) is 1.